The monoisotopic (exact) mass is 347 g/mol. The second-order valence-electron chi connectivity index (χ2n) is 6.06. The Bertz CT molecular complexity index is 1010. The first-order chi connectivity index (χ1) is 12.6. The Balaban J connectivity index is 1.75. The molecule has 130 valence electrons. The number of aromatic amines is 1. The van der Waals surface area contributed by atoms with E-state index in [4.69, 9.17) is 0 Å². The highest BCUT2D eigenvalue weighted by atomic mass is 16.2. The number of nitrogens with zero attached hydrogens (tertiary/aromatic N) is 4. The molecule has 0 bridgehead atoms. The average molecular weight is 347 g/mol. The molecule has 1 aliphatic carbocycles. The van der Waals surface area contributed by atoms with E-state index in [1.165, 1.54) is 0 Å². The molecule has 3 aromatic rings. The molecule has 0 atom stereocenters. The number of carbonyl (C=O) groups is 2. The number of carbonyl (C=O) groups excluding carboxylic acids is 2. The predicted molar refractivity (Wildman–Crippen MR) is 95.7 cm³/mol. The van der Waals surface area contributed by atoms with Crippen LogP contribution in [-0.2, 0) is 0 Å². The summed E-state index contributed by atoms with van der Waals surface area (Å²) in [5, 5.41) is 13.9. The lowest BCUT2D eigenvalue weighted by Gasteiger charge is -2.18. The zero-order valence-corrected chi connectivity index (χ0v) is 14.5. The number of benzene rings is 2. The maximum Gasteiger partial charge on any atom is 0.253 e. The molecule has 0 spiro atoms. The fourth-order valence-corrected chi connectivity index (χ4v) is 3.33. The van der Waals surface area contributed by atoms with Crippen LogP contribution >= 0.6 is 0 Å². The molecule has 1 amide bonds. The van der Waals surface area contributed by atoms with E-state index < -0.39 is 0 Å². The highest BCUT2D eigenvalue weighted by Crippen LogP contribution is 2.38. The SMILES string of the molecule is CCN(CC)C(=O)c1ccc2c(c1)C(=O)c1cc(-c3nn[nH]n3)ccc1-2. The van der Waals surface area contributed by atoms with Gasteiger partial charge in [0.05, 0.1) is 0 Å². The molecular weight excluding hydrogens is 330 g/mol. The van der Waals surface area contributed by atoms with Gasteiger partial charge in [-0.2, -0.15) is 5.21 Å². The van der Waals surface area contributed by atoms with Gasteiger partial charge in [0.15, 0.2) is 5.78 Å². The molecule has 0 aliphatic heterocycles. The summed E-state index contributed by atoms with van der Waals surface area (Å²) in [6.45, 7) is 5.15. The second-order valence-corrected chi connectivity index (χ2v) is 6.06. The van der Waals surface area contributed by atoms with Crippen LogP contribution in [0.2, 0.25) is 0 Å². The highest BCUT2D eigenvalue weighted by molar-refractivity contribution is 6.22. The first-order valence-electron chi connectivity index (χ1n) is 8.50. The van der Waals surface area contributed by atoms with Crippen LogP contribution < -0.4 is 0 Å². The summed E-state index contributed by atoms with van der Waals surface area (Å²) < 4.78 is 0. The molecule has 0 saturated heterocycles. The summed E-state index contributed by atoms with van der Waals surface area (Å²) in [6.07, 6.45) is 0. The average Bonchev–Trinajstić information content (AvgIpc) is 3.30. The van der Waals surface area contributed by atoms with Crippen molar-refractivity contribution in [3.63, 3.8) is 0 Å². The van der Waals surface area contributed by atoms with Crippen molar-refractivity contribution in [2.24, 2.45) is 0 Å². The zero-order chi connectivity index (χ0) is 18.3. The van der Waals surface area contributed by atoms with Gasteiger partial charge >= 0.3 is 0 Å². The summed E-state index contributed by atoms with van der Waals surface area (Å²) in [7, 11) is 0. The predicted octanol–water partition coefficient (Wildman–Crippen LogP) is 2.56. The molecule has 0 unspecified atom stereocenters. The summed E-state index contributed by atoms with van der Waals surface area (Å²) in [5.41, 5.74) is 4.11. The number of aromatic nitrogens is 4. The molecule has 1 aromatic heterocycles. The topological polar surface area (TPSA) is 91.8 Å². The lowest BCUT2D eigenvalue weighted by molar-refractivity contribution is 0.0773. The molecule has 0 radical (unpaired) electrons. The van der Waals surface area contributed by atoms with Gasteiger partial charge in [0, 0.05) is 35.3 Å². The van der Waals surface area contributed by atoms with E-state index >= 15 is 0 Å². The molecule has 2 aromatic carbocycles. The smallest absolute Gasteiger partial charge is 0.253 e. The van der Waals surface area contributed by atoms with E-state index in [0.29, 0.717) is 35.6 Å². The van der Waals surface area contributed by atoms with E-state index in [1.807, 2.05) is 32.0 Å². The van der Waals surface area contributed by atoms with Crippen molar-refractivity contribution in [2.75, 3.05) is 13.1 Å². The maximum absolute atomic E-state index is 12.9. The molecule has 7 heteroatoms. The van der Waals surface area contributed by atoms with Crippen LogP contribution in [0.1, 0.15) is 40.1 Å². The molecule has 1 N–H and O–H groups in total. The third kappa shape index (κ3) is 2.40. The van der Waals surface area contributed by atoms with Gasteiger partial charge in [-0.1, -0.05) is 18.2 Å². The third-order valence-corrected chi connectivity index (χ3v) is 4.72. The maximum atomic E-state index is 12.9. The lowest BCUT2D eigenvalue weighted by atomic mass is 10.0. The minimum absolute atomic E-state index is 0.0611. The molecule has 7 nitrogen and oxygen atoms in total. The second kappa shape index (κ2) is 6.18. The van der Waals surface area contributed by atoms with E-state index in [2.05, 4.69) is 20.6 Å². The van der Waals surface area contributed by atoms with Crippen molar-refractivity contribution >= 4 is 11.7 Å². The summed E-state index contributed by atoms with van der Waals surface area (Å²) in [4.78, 5) is 27.2. The summed E-state index contributed by atoms with van der Waals surface area (Å²) >= 11 is 0. The van der Waals surface area contributed by atoms with Crippen molar-refractivity contribution in [3.8, 4) is 22.5 Å². The van der Waals surface area contributed by atoms with E-state index in [9.17, 15) is 9.59 Å². The van der Waals surface area contributed by atoms with Gasteiger partial charge in [0.1, 0.15) is 0 Å². The van der Waals surface area contributed by atoms with Crippen molar-refractivity contribution in [1.29, 1.82) is 0 Å². The van der Waals surface area contributed by atoms with Gasteiger partial charge in [-0.05, 0) is 48.4 Å². The number of rotatable bonds is 4. The number of hydrogen-bond acceptors (Lipinski definition) is 5. The Kier molecular flexibility index (Phi) is 3.84. The van der Waals surface area contributed by atoms with Crippen molar-refractivity contribution in [3.05, 3.63) is 53.1 Å². The Morgan fingerprint density at radius 1 is 1.00 bits per heavy atom. The largest absolute Gasteiger partial charge is 0.339 e. The first-order valence-corrected chi connectivity index (χ1v) is 8.50. The van der Waals surface area contributed by atoms with E-state index in [-0.39, 0.29) is 11.7 Å². The number of nitrogens with one attached hydrogen (secondary N) is 1. The van der Waals surface area contributed by atoms with Crippen LogP contribution in [0.25, 0.3) is 22.5 Å². The zero-order valence-electron chi connectivity index (χ0n) is 14.5. The van der Waals surface area contributed by atoms with Crippen LogP contribution in [0.15, 0.2) is 36.4 Å². The van der Waals surface area contributed by atoms with Crippen LogP contribution in [0.5, 0.6) is 0 Å². The Morgan fingerprint density at radius 3 is 2.35 bits per heavy atom. The lowest BCUT2D eigenvalue weighted by Crippen LogP contribution is -2.30. The van der Waals surface area contributed by atoms with Crippen LogP contribution in [0, 0.1) is 0 Å². The normalized spacial score (nSPS) is 12.0. The summed E-state index contributed by atoms with van der Waals surface area (Å²) in [6, 6.07) is 10.9. The number of H-pyrrole nitrogens is 1. The van der Waals surface area contributed by atoms with Crippen LogP contribution in [-0.4, -0.2) is 50.3 Å². The Labute approximate surface area is 150 Å². The molecule has 1 heterocycles. The molecule has 4 rings (SSSR count). The number of fused-ring (bicyclic) bond motifs is 3. The van der Waals surface area contributed by atoms with E-state index in [1.54, 1.807) is 23.1 Å². The van der Waals surface area contributed by atoms with Gasteiger partial charge in [0.2, 0.25) is 5.82 Å². The molecular formula is C19H17N5O2. The third-order valence-electron chi connectivity index (χ3n) is 4.72. The fraction of sp³-hybridized carbons (Fsp3) is 0.211. The first kappa shape index (κ1) is 16.1. The number of hydrogen-bond donors (Lipinski definition) is 1. The van der Waals surface area contributed by atoms with Crippen LogP contribution in [0.3, 0.4) is 0 Å². The van der Waals surface area contributed by atoms with Crippen molar-refractivity contribution in [2.45, 2.75) is 13.8 Å². The molecule has 0 fully saturated rings. The van der Waals surface area contributed by atoms with Crippen molar-refractivity contribution in [1.82, 2.24) is 25.5 Å². The van der Waals surface area contributed by atoms with Gasteiger partial charge < -0.3 is 4.90 Å². The number of tetrazole rings is 1. The Hall–Kier alpha value is -3.35. The highest BCUT2D eigenvalue weighted by Gasteiger charge is 2.28. The summed E-state index contributed by atoms with van der Waals surface area (Å²) in [5.74, 6) is 0.289. The Morgan fingerprint density at radius 2 is 1.69 bits per heavy atom. The molecule has 26 heavy (non-hydrogen) atoms. The minimum Gasteiger partial charge on any atom is -0.339 e. The van der Waals surface area contributed by atoms with Crippen molar-refractivity contribution < 1.29 is 9.59 Å². The van der Waals surface area contributed by atoms with E-state index in [0.717, 1.165) is 16.7 Å². The standard InChI is InChI=1S/C19H17N5O2/c1-3-24(4-2)19(26)12-6-8-14-13-7-5-11(18-20-22-23-21-18)9-15(13)17(25)16(14)10-12/h5-10H,3-4H2,1-2H3,(H,20,21,22,23). The van der Waals surface area contributed by atoms with Gasteiger partial charge in [-0.25, -0.2) is 0 Å². The molecule has 1 aliphatic rings. The molecule has 0 saturated carbocycles. The number of amides is 1. The minimum atomic E-state index is -0.0884. The van der Waals surface area contributed by atoms with Crippen LogP contribution in [0.4, 0.5) is 0 Å². The van der Waals surface area contributed by atoms with Gasteiger partial charge in [0.25, 0.3) is 5.91 Å². The fourth-order valence-electron chi connectivity index (χ4n) is 3.33. The van der Waals surface area contributed by atoms with Gasteiger partial charge in [-0.3, -0.25) is 9.59 Å². The quantitative estimate of drug-likeness (QED) is 0.612. The number of ketones is 1. The van der Waals surface area contributed by atoms with Gasteiger partial charge in [-0.15, -0.1) is 10.2 Å².